The highest BCUT2D eigenvalue weighted by Gasteiger charge is 2.32. The summed E-state index contributed by atoms with van der Waals surface area (Å²) in [5.74, 6) is 0.805. The Hall–Kier alpha value is -1.20. The zero-order valence-corrected chi connectivity index (χ0v) is 10.6. The van der Waals surface area contributed by atoms with Crippen LogP contribution >= 0.6 is 0 Å². The Morgan fingerprint density at radius 1 is 1.53 bits per heavy atom. The molecule has 0 radical (unpaired) electrons. The molecule has 0 aromatic carbocycles. The summed E-state index contributed by atoms with van der Waals surface area (Å²) in [4.78, 5) is 10.6. The molecule has 1 fully saturated rings. The van der Waals surface area contributed by atoms with Gasteiger partial charge in [0.2, 0.25) is 0 Å². The van der Waals surface area contributed by atoms with Gasteiger partial charge in [-0.1, -0.05) is 0 Å². The number of aliphatic hydroxyl groups is 1. The van der Waals surface area contributed by atoms with Crippen LogP contribution in [-0.2, 0) is 11.3 Å². The summed E-state index contributed by atoms with van der Waals surface area (Å²) in [7, 11) is 0. The standard InChI is InChI=1S/C12H19N3O2/c1-9-6-15(8-12(2,3)17-9)11-5-13-4-10(7-16)14-11/h4-5,9,16H,6-8H2,1-3H3. The molecule has 2 rings (SSSR count). The Morgan fingerprint density at radius 3 is 2.94 bits per heavy atom. The van der Waals surface area contributed by atoms with Crippen LogP contribution in [0.15, 0.2) is 12.4 Å². The summed E-state index contributed by atoms with van der Waals surface area (Å²) in [6, 6.07) is 0. The van der Waals surface area contributed by atoms with Crippen molar-refractivity contribution in [2.75, 3.05) is 18.0 Å². The lowest BCUT2D eigenvalue weighted by atomic mass is 10.1. The third-order valence-corrected chi connectivity index (χ3v) is 2.73. The van der Waals surface area contributed by atoms with E-state index in [-0.39, 0.29) is 18.3 Å². The molecule has 5 heteroatoms. The number of rotatable bonds is 2. The first kappa shape index (κ1) is 12.3. The number of hydrogen-bond acceptors (Lipinski definition) is 5. The van der Waals surface area contributed by atoms with Crippen LogP contribution < -0.4 is 4.90 Å². The fourth-order valence-electron chi connectivity index (χ4n) is 2.25. The smallest absolute Gasteiger partial charge is 0.147 e. The second kappa shape index (κ2) is 4.58. The number of anilines is 1. The minimum atomic E-state index is -0.186. The number of morpholine rings is 1. The SMILES string of the molecule is CC1CN(c2cncc(CO)n2)CC(C)(C)O1. The Labute approximate surface area is 101 Å². The molecular formula is C12H19N3O2. The average Bonchev–Trinajstić information content (AvgIpc) is 2.26. The van der Waals surface area contributed by atoms with Crippen LogP contribution in [0, 0.1) is 0 Å². The highest BCUT2D eigenvalue weighted by atomic mass is 16.5. The van der Waals surface area contributed by atoms with Crippen molar-refractivity contribution in [2.45, 2.75) is 39.1 Å². The van der Waals surface area contributed by atoms with E-state index in [1.807, 2.05) is 0 Å². The highest BCUT2D eigenvalue weighted by Crippen LogP contribution is 2.24. The van der Waals surface area contributed by atoms with E-state index in [0.717, 1.165) is 18.9 Å². The predicted octanol–water partition coefficient (Wildman–Crippen LogP) is 0.973. The number of nitrogens with zero attached hydrogens (tertiary/aromatic N) is 3. The van der Waals surface area contributed by atoms with E-state index in [0.29, 0.717) is 5.69 Å². The maximum Gasteiger partial charge on any atom is 0.147 e. The molecule has 1 aliphatic heterocycles. The lowest BCUT2D eigenvalue weighted by molar-refractivity contribution is -0.0752. The second-order valence-corrected chi connectivity index (χ2v) is 5.10. The Bertz CT molecular complexity index is 395. The maximum atomic E-state index is 9.07. The fourth-order valence-corrected chi connectivity index (χ4v) is 2.25. The van der Waals surface area contributed by atoms with Crippen molar-refractivity contribution in [3.63, 3.8) is 0 Å². The zero-order valence-electron chi connectivity index (χ0n) is 10.6. The van der Waals surface area contributed by atoms with Gasteiger partial charge in [0.05, 0.1) is 36.4 Å². The average molecular weight is 237 g/mol. The van der Waals surface area contributed by atoms with E-state index in [2.05, 4.69) is 35.6 Å². The van der Waals surface area contributed by atoms with Crippen molar-refractivity contribution in [3.8, 4) is 0 Å². The molecule has 0 spiro atoms. The molecule has 1 saturated heterocycles. The minimum Gasteiger partial charge on any atom is -0.390 e. The first-order valence-corrected chi connectivity index (χ1v) is 5.85. The van der Waals surface area contributed by atoms with E-state index < -0.39 is 0 Å². The van der Waals surface area contributed by atoms with Crippen molar-refractivity contribution < 1.29 is 9.84 Å². The third kappa shape index (κ3) is 2.92. The van der Waals surface area contributed by atoms with Gasteiger partial charge < -0.3 is 14.7 Å². The van der Waals surface area contributed by atoms with Crippen LogP contribution in [-0.4, -0.2) is 39.9 Å². The molecular weight excluding hydrogens is 218 g/mol. The Morgan fingerprint density at radius 2 is 2.29 bits per heavy atom. The van der Waals surface area contributed by atoms with Gasteiger partial charge in [-0.15, -0.1) is 0 Å². The number of hydrogen-bond donors (Lipinski definition) is 1. The van der Waals surface area contributed by atoms with E-state index in [4.69, 9.17) is 9.84 Å². The van der Waals surface area contributed by atoms with Gasteiger partial charge in [-0.25, -0.2) is 4.98 Å². The van der Waals surface area contributed by atoms with Crippen molar-refractivity contribution in [3.05, 3.63) is 18.1 Å². The lowest BCUT2D eigenvalue weighted by Crippen LogP contribution is -2.52. The normalized spacial score (nSPS) is 23.8. The molecule has 1 N–H and O–H groups in total. The molecule has 0 aliphatic carbocycles. The topological polar surface area (TPSA) is 58.5 Å². The summed E-state index contributed by atoms with van der Waals surface area (Å²) in [5, 5.41) is 9.07. The molecule has 1 aliphatic rings. The predicted molar refractivity (Wildman–Crippen MR) is 64.8 cm³/mol. The third-order valence-electron chi connectivity index (χ3n) is 2.73. The van der Waals surface area contributed by atoms with E-state index in [9.17, 15) is 0 Å². The van der Waals surface area contributed by atoms with E-state index >= 15 is 0 Å². The zero-order chi connectivity index (χ0) is 12.5. The van der Waals surface area contributed by atoms with Crippen LogP contribution in [0.2, 0.25) is 0 Å². The number of aromatic nitrogens is 2. The second-order valence-electron chi connectivity index (χ2n) is 5.10. The molecule has 17 heavy (non-hydrogen) atoms. The fraction of sp³-hybridized carbons (Fsp3) is 0.667. The molecule has 0 saturated carbocycles. The summed E-state index contributed by atoms with van der Waals surface area (Å²) < 4.78 is 5.84. The van der Waals surface area contributed by atoms with Gasteiger partial charge in [0.25, 0.3) is 0 Å². The van der Waals surface area contributed by atoms with Gasteiger partial charge in [-0.05, 0) is 20.8 Å². The lowest BCUT2D eigenvalue weighted by Gasteiger charge is -2.42. The molecule has 1 unspecified atom stereocenters. The van der Waals surface area contributed by atoms with Crippen LogP contribution in [0.1, 0.15) is 26.5 Å². The molecule has 0 bridgehead atoms. The van der Waals surface area contributed by atoms with Crippen LogP contribution in [0.5, 0.6) is 0 Å². The summed E-state index contributed by atoms with van der Waals surface area (Å²) in [6.45, 7) is 7.69. The van der Waals surface area contributed by atoms with Crippen LogP contribution in [0.25, 0.3) is 0 Å². The Kier molecular flexibility index (Phi) is 3.31. The molecule has 1 aromatic rings. The first-order chi connectivity index (χ1) is 8.00. The van der Waals surface area contributed by atoms with Crippen molar-refractivity contribution >= 4 is 5.82 Å². The van der Waals surface area contributed by atoms with Gasteiger partial charge in [0.15, 0.2) is 0 Å². The summed E-state index contributed by atoms with van der Waals surface area (Å²) in [6.07, 6.45) is 3.48. The molecule has 2 heterocycles. The van der Waals surface area contributed by atoms with E-state index in [1.54, 1.807) is 12.4 Å². The van der Waals surface area contributed by atoms with Gasteiger partial charge in [0.1, 0.15) is 5.82 Å². The van der Waals surface area contributed by atoms with E-state index in [1.165, 1.54) is 0 Å². The van der Waals surface area contributed by atoms with Gasteiger partial charge in [-0.2, -0.15) is 0 Å². The van der Waals surface area contributed by atoms with Crippen molar-refractivity contribution in [1.29, 1.82) is 0 Å². The van der Waals surface area contributed by atoms with Gasteiger partial charge in [0, 0.05) is 13.1 Å². The highest BCUT2D eigenvalue weighted by molar-refractivity contribution is 5.37. The van der Waals surface area contributed by atoms with Gasteiger partial charge >= 0.3 is 0 Å². The van der Waals surface area contributed by atoms with Crippen LogP contribution in [0.4, 0.5) is 5.82 Å². The van der Waals surface area contributed by atoms with Crippen molar-refractivity contribution in [1.82, 2.24) is 9.97 Å². The molecule has 1 atom stereocenters. The van der Waals surface area contributed by atoms with Gasteiger partial charge in [-0.3, -0.25) is 4.98 Å². The molecule has 1 aromatic heterocycles. The number of ether oxygens (including phenoxy) is 1. The van der Waals surface area contributed by atoms with Crippen LogP contribution in [0.3, 0.4) is 0 Å². The Balaban J connectivity index is 2.20. The summed E-state index contributed by atoms with van der Waals surface area (Å²) in [5.41, 5.74) is 0.411. The molecule has 5 nitrogen and oxygen atoms in total. The molecule has 0 amide bonds. The van der Waals surface area contributed by atoms with Crippen molar-refractivity contribution in [2.24, 2.45) is 0 Å². The number of aliphatic hydroxyl groups excluding tert-OH is 1. The minimum absolute atomic E-state index is 0.0792. The monoisotopic (exact) mass is 237 g/mol. The first-order valence-electron chi connectivity index (χ1n) is 5.85. The summed E-state index contributed by atoms with van der Waals surface area (Å²) >= 11 is 0. The largest absolute Gasteiger partial charge is 0.390 e. The molecule has 94 valence electrons. The quantitative estimate of drug-likeness (QED) is 0.830. The maximum absolute atomic E-state index is 9.07.